The lowest BCUT2D eigenvalue weighted by Gasteiger charge is -2.17. The highest BCUT2D eigenvalue weighted by molar-refractivity contribution is 9.10. The first-order valence-electron chi connectivity index (χ1n) is 6.45. The lowest BCUT2D eigenvalue weighted by atomic mass is 10.1. The molecule has 0 aliphatic rings. The molecule has 0 aliphatic heterocycles. The molecule has 0 bridgehead atoms. The molecule has 0 aromatic carbocycles. The second-order valence-corrected chi connectivity index (χ2v) is 7.86. The van der Waals surface area contributed by atoms with E-state index in [2.05, 4.69) is 33.2 Å². The zero-order valence-corrected chi connectivity index (χ0v) is 13.8. The SMILES string of the molecule is CCCNC(CCCS(C)(=O)=O)c1ccc(Br)cn1. The molecular formula is C13H21BrN2O2S. The summed E-state index contributed by atoms with van der Waals surface area (Å²) in [4.78, 5) is 4.39. The van der Waals surface area contributed by atoms with Crippen molar-refractivity contribution in [2.45, 2.75) is 32.2 Å². The van der Waals surface area contributed by atoms with E-state index >= 15 is 0 Å². The molecule has 1 rings (SSSR count). The Morgan fingerprint density at radius 3 is 2.68 bits per heavy atom. The fourth-order valence-electron chi connectivity index (χ4n) is 1.82. The van der Waals surface area contributed by atoms with E-state index in [0.717, 1.165) is 29.6 Å². The Labute approximate surface area is 124 Å². The summed E-state index contributed by atoms with van der Waals surface area (Å²) >= 11 is 3.36. The number of sulfone groups is 1. The fourth-order valence-corrected chi connectivity index (χ4v) is 2.74. The minimum absolute atomic E-state index is 0.120. The maximum Gasteiger partial charge on any atom is 0.147 e. The van der Waals surface area contributed by atoms with Crippen molar-refractivity contribution in [1.29, 1.82) is 0 Å². The number of halogens is 1. The predicted octanol–water partition coefficient (Wildman–Crippen LogP) is 2.71. The van der Waals surface area contributed by atoms with Crippen molar-refractivity contribution in [3.63, 3.8) is 0 Å². The quantitative estimate of drug-likeness (QED) is 0.784. The lowest BCUT2D eigenvalue weighted by molar-refractivity contribution is 0.482. The first-order valence-corrected chi connectivity index (χ1v) is 9.30. The maximum absolute atomic E-state index is 11.2. The van der Waals surface area contributed by atoms with Crippen molar-refractivity contribution in [3.05, 3.63) is 28.5 Å². The Bertz CT molecular complexity index is 474. The third-order valence-corrected chi connectivity index (χ3v) is 4.26. The molecule has 0 saturated heterocycles. The highest BCUT2D eigenvalue weighted by Crippen LogP contribution is 2.18. The molecule has 19 heavy (non-hydrogen) atoms. The average molecular weight is 349 g/mol. The van der Waals surface area contributed by atoms with Gasteiger partial charge >= 0.3 is 0 Å². The van der Waals surface area contributed by atoms with Crippen LogP contribution >= 0.6 is 15.9 Å². The van der Waals surface area contributed by atoms with Gasteiger partial charge in [-0.2, -0.15) is 0 Å². The fraction of sp³-hybridized carbons (Fsp3) is 0.615. The van der Waals surface area contributed by atoms with Crippen molar-refractivity contribution in [3.8, 4) is 0 Å². The van der Waals surface area contributed by atoms with E-state index in [1.165, 1.54) is 6.26 Å². The molecule has 1 unspecified atom stereocenters. The summed E-state index contributed by atoms with van der Waals surface area (Å²) in [6, 6.07) is 4.05. The first-order chi connectivity index (χ1) is 8.92. The van der Waals surface area contributed by atoms with E-state index in [-0.39, 0.29) is 11.8 Å². The molecule has 0 saturated carbocycles. The summed E-state index contributed by atoms with van der Waals surface area (Å²) in [5.74, 6) is 0.230. The van der Waals surface area contributed by atoms with Crippen LogP contribution < -0.4 is 5.32 Å². The number of nitrogens with zero attached hydrogens (tertiary/aromatic N) is 1. The van der Waals surface area contributed by atoms with Crippen LogP contribution in [0.5, 0.6) is 0 Å². The van der Waals surface area contributed by atoms with E-state index < -0.39 is 9.84 Å². The molecule has 1 heterocycles. The molecule has 0 aliphatic carbocycles. The molecule has 0 fully saturated rings. The number of pyridine rings is 1. The summed E-state index contributed by atoms with van der Waals surface area (Å²) in [6.07, 6.45) is 5.52. The lowest BCUT2D eigenvalue weighted by Crippen LogP contribution is -2.23. The molecule has 6 heteroatoms. The van der Waals surface area contributed by atoms with Gasteiger partial charge in [0.15, 0.2) is 0 Å². The number of rotatable bonds is 8. The van der Waals surface area contributed by atoms with Gasteiger partial charge in [-0.15, -0.1) is 0 Å². The van der Waals surface area contributed by atoms with Gasteiger partial charge in [0.1, 0.15) is 9.84 Å². The molecule has 1 aromatic rings. The highest BCUT2D eigenvalue weighted by Gasteiger charge is 2.13. The van der Waals surface area contributed by atoms with Gasteiger partial charge in [-0.3, -0.25) is 4.98 Å². The van der Waals surface area contributed by atoms with E-state index in [1.807, 2.05) is 12.1 Å². The monoisotopic (exact) mass is 348 g/mol. The molecule has 1 atom stereocenters. The molecule has 0 amide bonds. The van der Waals surface area contributed by atoms with Gasteiger partial charge in [0.2, 0.25) is 0 Å². The first kappa shape index (κ1) is 16.6. The molecular weight excluding hydrogens is 328 g/mol. The second kappa shape index (κ2) is 7.97. The van der Waals surface area contributed by atoms with Gasteiger partial charge < -0.3 is 5.32 Å². The standard InChI is InChI=1S/C13H21BrN2O2S/c1-3-8-15-12(5-4-9-19(2,17)18)13-7-6-11(14)10-16-13/h6-7,10,12,15H,3-5,8-9H2,1-2H3. The number of aromatic nitrogens is 1. The van der Waals surface area contributed by atoms with Crippen LogP contribution in [0.4, 0.5) is 0 Å². The van der Waals surface area contributed by atoms with Crippen LogP contribution in [0.15, 0.2) is 22.8 Å². The molecule has 108 valence electrons. The van der Waals surface area contributed by atoms with Crippen LogP contribution in [0.3, 0.4) is 0 Å². The van der Waals surface area contributed by atoms with Crippen molar-refractivity contribution >= 4 is 25.8 Å². The van der Waals surface area contributed by atoms with Crippen LogP contribution in [-0.2, 0) is 9.84 Å². The second-order valence-electron chi connectivity index (χ2n) is 4.68. The van der Waals surface area contributed by atoms with Crippen LogP contribution in [-0.4, -0.2) is 32.0 Å². The van der Waals surface area contributed by atoms with Crippen molar-refractivity contribution < 1.29 is 8.42 Å². The predicted molar refractivity (Wildman–Crippen MR) is 81.9 cm³/mol. The summed E-state index contributed by atoms with van der Waals surface area (Å²) in [5, 5.41) is 3.42. The summed E-state index contributed by atoms with van der Waals surface area (Å²) in [7, 11) is -2.88. The van der Waals surface area contributed by atoms with Crippen LogP contribution in [0, 0.1) is 0 Å². The largest absolute Gasteiger partial charge is 0.309 e. The van der Waals surface area contributed by atoms with Crippen molar-refractivity contribution in [2.75, 3.05) is 18.6 Å². The maximum atomic E-state index is 11.2. The topological polar surface area (TPSA) is 59.1 Å². The third-order valence-electron chi connectivity index (χ3n) is 2.76. The Hall–Kier alpha value is -0.460. The summed E-state index contributed by atoms with van der Waals surface area (Å²) in [5.41, 5.74) is 0.963. The number of nitrogens with one attached hydrogen (secondary N) is 1. The zero-order chi connectivity index (χ0) is 14.3. The zero-order valence-electron chi connectivity index (χ0n) is 11.4. The summed E-state index contributed by atoms with van der Waals surface area (Å²) in [6.45, 7) is 3.01. The normalized spacial score (nSPS) is 13.4. The number of hydrogen-bond acceptors (Lipinski definition) is 4. The number of hydrogen-bond donors (Lipinski definition) is 1. The van der Waals surface area contributed by atoms with E-state index in [9.17, 15) is 8.42 Å². The van der Waals surface area contributed by atoms with Crippen molar-refractivity contribution in [1.82, 2.24) is 10.3 Å². The Kier molecular flexibility index (Phi) is 6.96. The molecule has 0 spiro atoms. The Balaban J connectivity index is 2.63. The Morgan fingerprint density at radius 2 is 2.16 bits per heavy atom. The molecule has 1 N–H and O–H groups in total. The van der Waals surface area contributed by atoms with Gasteiger partial charge in [0, 0.05) is 28.7 Å². The van der Waals surface area contributed by atoms with Gasteiger partial charge in [-0.05, 0) is 53.9 Å². The van der Waals surface area contributed by atoms with E-state index in [1.54, 1.807) is 6.20 Å². The highest BCUT2D eigenvalue weighted by atomic mass is 79.9. The van der Waals surface area contributed by atoms with Gasteiger partial charge in [-0.25, -0.2) is 8.42 Å². The van der Waals surface area contributed by atoms with Gasteiger partial charge in [-0.1, -0.05) is 6.92 Å². The third kappa shape index (κ3) is 7.03. The Morgan fingerprint density at radius 1 is 1.42 bits per heavy atom. The van der Waals surface area contributed by atoms with E-state index in [0.29, 0.717) is 6.42 Å². The minimum Gasteiger partial charge on any atom is -0.309 e. The van der Waals surface area contributed by atoms with Gasteiger partial charge in [0.25, 0.3) is 0 Å². The average Bonchev–Trinajstić information content (AvgIpc) is 2.33. The van der Waals surface area contributed by atoms with Crippen LogP contribution in [0.1, 0.15) is 37.9 Å². The smallest absolute Gasteiger partial charge is 0.147 e. The summed E-state index contributed by atoms with van der Waals surface area (Å²) < 4.78 is 23.3. The van der Waals surface area contributed by atoms with Crippen LogP contribution in [0.2, 0.25) is 0 Å². The van der Waals surface area contributed by atoms with E-state index in [4.69, 9.17) is 0 Å². The van der Waals surface area contributed by atoms with Crippen molar-refractivity contribution in [2.24, 2.45) is 0 Å². The minimum atomic E-state index is -2.88. The molecule has 0 radical (unpaired) electrons. The molecule has 1 aromatic heterocycles. The van der Waals surface area contributed by atoms with Gasteiger partial charge in [0.05, 0.1) is 5.69 Å². The molecule has 4 nitrogen and oxygen atoms in total. The van der Waals surface area contributed by atoms with Crippen LogP contribution in [0.25, 0.3) is 0 Å².